The van der Waals surface area contributed by atoms with Crippen molar-refractivity contribution in [2.24, 2.45) is 5.92 Å². The highest BCUT2D eigenvalue weighted by atomic mass is 35.5. The fourth-order valence-corrected chi connectivity index (χ4v) is 3.18. The molecule has 0 amide bonds. The van der Waals surface area contributed by atoms with E-state index < -0.39 is 5.97 Å². The van der Waals surface area contributed by atoms with Gasteiger partial charge in [0.05, 0.1) is 18.2 Å². The summed E-state index contributed by atoms with van der Waals surface area (Å²) < 4.78 is 1.97. The van der Waals surface area contributed by atoms with Crippen molar-refractivity contribution in [3.63, 3.8) is 0 Å². The van der Waals surface area contributed by atoms with Crippen molar-refractivity contribution in [2.45, 2.75) is 26.9 Å². The third kappa shape index (κ3) is 3.26. The monoisotopic (exact) mass is 333 g/mol. The lowest BCUT2D eigenvalue weighted by Crippen LogP contribution is -2.49. The van der Waals surface area contributed by atoms with E-state index in [0.29, 0.717) is 19.6 Å². The molecule has 5 nitrogen and oxygen atoms in total. The van der Waals surface area contributed by atoms with Crippen LogP contribution in [0.2, 0.25) is 5.02 Å². The Hall–Kier alpha value is -1.85. The van der Waals surface area contributed by atoms with E-state index in [9.17, 15) is 4.79 Å². The number of halogens is 1. The zero-order valence-corrected chi connectivity index (χ0v) is 14.0. The van der Waals surface area contributed by atoms with Crippen LogP contribution in [0.3, 0.4) is 0 Å². The number of carbonyl (C=O) groups is 1. The molecule has 1 fully saturated rings. The SMILES string of the molecule is Cc1nn(Cc2ccccc2Cl)c(C)c1CN1CC(C(=O)O)C1. The standard InChI is InChI=1S/C17H20ClN3O2/c1-11-15(10-20-7-14(8-20)17(22)23)12(2)21(19-11)9-13-5-3-4-6-16(13)18/h3-6,14H,7-10H2,1-2H3,(H,22,23). The summed E-state index contributed by atoms with van der Waals surface area (Å²) >= 11 is 6.23. The Kier molecular flexibility index (Phi) is 4.41. The molecule has 3 rings (SSSR count). The minimum Gasteiger partial charge on any atom is -0.481 e. The summed E-state index contributed by atoms with van der Waals surface area (Å²) in [7, 11) is 0. The number of hydrogen-bond donors (Lipinski definition) is 1. The highest BCUT2D eigenvalue weighted by molar-refractivity contribution is 6.31. The Morgan fingerprint density at radius 3 is 2.65 bits per heavy atom. The Morgan fingerprint density at radius 2 is 2.00 bits per heavy atom. The number of aliphatic carboxylic acids is 1. The topological polar surface area (TPSA) is 58.4 Å². The number of hydrogen-bond acceptors (Lipinski definition) is 3. The molecule has 1 aliphatic heterocycles. The number of aryl methyl sites for hydroxylation is 1. The second kappa shape index (κ2) is 6.34. The molecule has 6 heteroatoms. The lowest BCUT2D eigenvalue weighted by atomic mass is 9.99. The first-order valence-corrected chi connectivity index (χ1v) is 8.05. The summed E-state index contributed by atoms with van der Waals surface area (Å²) in [5.41, 5.74) is 4.33. The van der Waals surface area contributed by atoms with Crippen LogP contribution >= 0.6 is 11.6 Å². The molecular weight excluding hydrogens is 314 g/mol. The van der Waals surface area contributed by atoms with Gasteiger partial charge in [-0.1, -0.05) is 29.8 Å². The Balaban J connectivity index is 1.73. The second-order valence-electron chi connectivity index (χ2n) is 6.13. The third-order valence-corrected chi connectivity index (χ3v) is 4.87. The van der Waals surface area contributed by atoms with Gasteiger partial charge in [0.15, 0.2) is 0 Å². The molecule has 122 valence electrons. The molecular formula is C17H20ClN3O2. The van der Waals surface area contributed by atoms with E-state index in [2.05, 4.69) is 16.9 Å². The summed E-state index contributed by atoms with van der Waals surface area (Å²) in [5, 5.41) is 14.3. The number of carboxylic acid groups (broad SMARTS) is 1. The molecule has 23 heavy (non-hydrogen) atoms. The first kappa shape index (κ1) is 16.0. The van der Waals surface area contributed by atoms with E-state index in [4.69, 9.17) is 16.7 Å². The molecule has 0 radical (unpaired) electrons. The van der Waals surface area contributed by atoms with Crippen molar-refractivity contribution in [2.75, 3.05) is 13.1 Å². The van der Waals surface area contributed by atoms with Gasteiger partial charge in [-0.25, -0.2) is 0 Å². The molecule has 0 spiro atoms. The number of likely N-dealkylation sites (tertiary alicyclic amines) is 1. The van der Waals surface area contributed by atoms with Crippen molar-refractivity contribution in [3.05, 3.63) is 51.8 Å². The first-order chi connectivity index (χ1) is 11.0. The van der Waals surface area contributed by atoms with Crippen LogP contribution in [0.15, 0.2) is 24.3 Å². The summed E-state index contributed by atoms with van der Waals surface area (Å²) in [6.45, 7) is 6.68. The number of nitrogens with zero attached hydrogens (tertiary/aromatic N) is 3. The van der Waals surface area contributed by atoms with Crippen LogP contribution in [0, 0.1) is 19.8 Å². The van der Waals surface area contributed by atoms with Gasteiger partial charge in [-0.05, 0) is 25.5 Å². The molecule has 0 saturated carbocycles. The number of benzene rings is 1. The van der Waals surface area contributed by atoms with Crippen LogP contribution in [0.25, 0.3) is 0 Å². The minimum atomic E-state index is -0.705. The van der Waals surface area contributed by atoms with Gasteiger partial charge in [0.25, 0.3) is 0 Å². The van der Waals surface area contributed by atoms with Gasteiger partial charge in [-0.15, -0.1) is 0 Å². The predicted molar refractivity (Wildman–Crippen MR) is 88.7 cm³/mol. The van der Waals surface area contributed by atoms with E-state index in [0.717, 1.165) is 28.5 Å². The summed E-state index contributed by atoms with van der Waals surface area (Å²) in [6, 6.07) is 7.78. The maximum absolute atomic E-state index is 10.9. The lowest BCUT2D eigenvalue weighted by Gasteiger charge is -2.36. The van der Waals surface area contributed by atoms with E-state index in [1.165, 1.54) is 5.56 Å². The van der Waals surface area contributed by atoms with Crippen LogP contribution in [-0.4, -0.2) is 38.8 Å². The molecule has 2 aromatic rings. The van der Waals surface area contributed by atoms with Crippen LogP contribution in [0.4, 0.5) is 0 Å². The lowest BCUT2D eigenvalue weighted by molar-refractivity contribution is -0.147. The first-order valence-electron chi connectivity index (χ1n) is 7.67. The van der Waals surface area contributed by atoms with Gasteiger partial charge in [-0.2, -0.15) is 5.10 Å². The summed E-state index contributed by atoms with van der Waals surface area (Å²) in [6.07, 6.45) is 0. The molecule has 0 unspecified atom stereocenters. The molecule has 1 saturated heterocycles. The zero-order valence-electron chi connectivity index (χ0n) is 13.3. The quantitative estimate of drug-likeness (QED) is 0.914. The highest BCUT2D eigenvalue weighted by Crippen LogP contribution is 2.24. The number of carboxylic acids is 1. The fourth-order valence-electron chi connectivity index (χ4n) is 2.98. The van der Waals surface area contributed by atoms with Crippen molar-refractivity contribution >= 4 is 17.6 Å². The van der Waals surface area contributed by atoms with Crippen molar-refractivity contribution in [1.82, 2.24) is 14.7 Å². The van der Waals surface area contributed by atoms with Crippen molar-refractivity contribution in [1.29, 1.82) is 0 Å². The second-order valence-corrected chi connectivity index (χ2v) is 6.53. The van der Waals surface area contributed by atoms with Crippen LogP contribution in [0.5, 0.6) is 0 Å². The average Bonchev–Trinajstić information content (AvgIpc) is 2.71. The van der Waals surface area contributed by atoms with Crippen LogP contribution in [-0.2, 0) is 17.9 Å². The number of aromatic nitrogens is 2. The molecule has 0 aliphatic carbocycles. The largest absolute Gasteiger partial charge is 0.481 e. The zero-order chi connectivity index (χ0) is 16.6. The maximum atomic E-state index is 10.9. The molecule has 1 aromatic heterocycles. The van der Waals surface area contributed by atoms with Crippen molar-refractivity contribution < 1.29 is 9.90 Å². The Labute approximate surface area is 140 Å². The van der Waals surface area contributed by atoms with Gasteiger partial charge < -0.3 is 5.11 Å². The van der Waals surface area contributed by atoms with Gasteiger partial charge in [-0.3, -0.25) is 14.4 Å². The molecule has 1 aromatic carbocycles. The number of rotatable bonds is 5. The van der Waals surface area contributed by atoms with Gasteiger partial charge in [0.2, 0.25) is 0 Å². The van der Waals surface area contributed by atoms with Crippen molar-refractivity contribution in [3.8, 4) is 0 Å². The Bertz CT molecular complexity index is 735. The predicted octanol–water partition coefficient (Wildman–Crippen LogP) is 2.72. The molecule has 1 N–H and O–H groups in total. The molecule has 0 atom stereocenters. The van der Waals surface area contributed by atoms with E-state index in [1.54, 1.807) is 0 Å². The Morgan fingerprint density at radius 1 is 1.30 bits per heavy atom. The minimum absolute atomic E-state index is 0.228. The van der Waals surface area contributed by atoms with Gasteiger partial charge in [0.1, 0.15) is 0 Å². The fraction of sp³-hybridized carbons (Fsp3) is 0.412. The van der Waals surface area contributed by atoms with Gasteiger partial charge in [0, 0.05) is 35.9 Å². The molecule has 0 bridgehead atoms. The van der Waals surface area contributed by atoms with Gasteiger partial charge >= 0.3 is 5.97 Å². The molecule has 1 aliphatic rings. The average molecular weight is 334 g/mol. The smallest absolute Gasteiger partial charge is 0.309 e. The summed E-state index contributed by atoms with van der Waals surface area (Å²) in [4.78, 5) is 13.0. The van der Waals surface area contributed by atoms with E-state index in [-0.39, 0.29) is 5.92 Å². The third-order valence-electron chi connectivity index (χ3n) is 4.50. The van der Waals surface area contributed by atoms with Crippen LogP contribution < -0.4 is 0 Å². The normalized spacial score (nSPS) is 15.6. The van der Waals surface area contributed by atoms with Crippen LogP contribution in [0.1, 0.15) is 22.5 Å². The summed E-state index contributed by atoms with van der Waals surface area (Å²) in [5.74, 6) is -0.933. The maximum Gasteiger partial charge on any atom is 0.309 e. The van der Waals surface area contributed by atoms with E-state index >= 15 is 0 Å². The van der Waals surface area contributed by atoms with E-state index in [1.807, 2.05) is 35.9 Å². The highest BCUT2D eigenvalue weighted by Gasteiger charge is 2.33. The molecule has 2 heterocycles.